The van der Waals surface area contributed by atoms with E-state index in [1.165, 1.54) is 6.07 Å². The molecule has 18 heavy (non-hydrogen) atoms. The van der Waals surface area contributed by atoms with E-state index in [2.05, 4.69) is 0 Å². The van der Waals surface area contributed by atoms with Crippen molar-refractivity contribution in [3.05, 3.63) is 16.7 Å². The molecule has 1 aromatic carbocycles. The monoisotopic (exact) mass is 270 g/mol. The summed E-state index contributed by atoms with van der Waals surface area (Å²) >= 11 is 5.89. The van der Waals surface area contributed by atoms with Crippen LogP contribution in [0, 0.1) is 0 Å². The van der Waals surface area contributed by atoms with Crippen LogP contribution in [-0.4, -0.2) is 23.1 Å². The van der Waals surface area contributed by atoms with E-state index in [0.29, 0.717) is 12.2 Å². The van der Waals surface area contributed by atoms with Gasteiger partial charge in [-0.05, 0) is 26.8 Å². The van der Waals surface area contributed by atoms with Gasteiger partial charge in [0.25, 0.3) is 0 Å². The molecular formula is C13H15ClO4. The normalized spacial score (nSPS) is 17.0. The molecule has 0 radical (unpaired) electrons. The standard InChI is InChI=1S/C13H15ClO4/c1-4-17-12-10(16)8(14)5-7-9(15)6-13(2,3)18-11(7)12/h5,16H,4,6H2,1-3H3. The van der Waals surface area contributed by atoms with Crippen LogP contribution in [0.2, 0.25) is 5.02 Å². The number of ketones is 1. The Hall–Kier alpha value is -1.42. The summed E-state index contributed by atoms with van der Waals surface area (Å²) in [6, 6.07) is 1.42. The quantitative estimate of drug-likeness (QED) is 0.897. The van der Waals surface area contributed by atoms with Gasteiger partial charge >= 0.3 is 0 Å². The number of ether oxygens (including phenoxy) is 2. The van der Waals surface area contributed by atoms with Crippen molar-refractivity contribution in [2.24, 2.45) is 0 Å². The van der Waals surface area contributed by atoms with Gasteiger partial charge in [0, 0.05) is 0 Å². The molecule has 0 aliphatic carbocycles. The lowest BCUT2D eigenvalue weighted by Crippen LogP contribution is -2.36. The van der Waals surface area contributed by atoms with Crippen molar-refractivity contribution in [1.29, 1.82) is 0 Å². The lowest BCUT2D eigenvalue weighted by Gasteiger charge is -2.32. The molecule has 2 rings (SSSR count). The molecule has 0 saturated carbocycles. The largest absolute Gasteiger partial charge is 0.503 e. The highest BCUT2D eigenvalue weighted by Gasteiger charge is 2.36. The molecule has 1 aliphatic rings. The fraction of sp³-hybridized carbons (Fsp3) is 0.462. The maximum atomic E-state index is 12.0. The zero-order chi connectivity index (χ0) is 13.5. The molecule has 0 saturated heterocycles. The molecule has 0 bridgehead atoms. The smallest absolute Gasteiger partial charge is 0.205 e. The first kappa shape index (κ1) is 13.0. The van der Waals surface area contributed by atoms with Crippen molar-refractivity contribution in [3.63, 3.8) is 0 Å². The highest BCUT2D eigenvalue weighted by Crippen LogP contribution is 2.48. The third-order valence-corrected chi connectivity index (χ3v) is 3.01. The summed E-state index contributed by atoms with van der Waals surface area (Å²) in [7, 11) is 0. The van der Waals surface area contributed by atoms with Crippen LogP contribution < -0.4 is 9.47 Å². The number of aromatic hydroxyl groups is 1. The summed E-state index contributed by atoms with van der Waals surface area (Å²) in [4.78, 5) is 12.0. The Morgan fingerprint density at radius 2 is 2.22 bits per heavy atom. The lowest BCUT2D eigenvalue weighted by atomic mass is 9.92. The molecule has 98 valence electrons. The summed E-state index contributed by atoms with van der Waals surface area (Å²) in [5, 5.41) is 9.98. The molecule has 0 fully saturated rings. The predicted octanol–water partition coefficient (Wildman–Crippen LogP) is 3.19. The van der Waals surface area contributed by atoms with E-state index in [9.17, 15) is 9.90 Å². The van der Waals surface area contributed by atoms with Crippen LogP contribution in [0.1, 0.15) is 37.6 Å². The summed E-state index contributed by atoms with van der Waals surface area (Å²) in [5.41, 5.74) is -0.253. The SMILES string of the molecule is CCOc1c(O)c(Cl)cc2c1OC(C)(C)CC2=O. The number of phenolic OH excluding ortho intramolecular Hbond substituents is 1. The van der Waals surface area contributed by atoms with Crippen molar-refractivity contribution < 1.29 is 19.4 Å². The molecule has 0 spiro atoms. The first-order valence-electron chi connectivity index (χ1n) is 5.76. The molecule has 4 nitrogen and oxygen atoms in total. The van der Waals surface area contributed by atoms with Gasteiger partial charge in [-0.3, -0.25) is 4.79 Å². The van der Waals surface area contributed by atoms with Crippen LogP contribution in [0.15, 0.2) is 6.07 Å². The van der Waals surface area contributed by atoms with Gasteiger partial charge in [0.2, 0.25) is 5.75 Å². The number of benzene rings is 1. The molecule has 0 unspecified atom stereocenters. The van der Waals surface area contributed by atoms with E-state index in [0.717, 1.165) is 0 Å². The summed E-state index contributed by atoms with van der Waals surface area (Å²) < 4.78 is 11.1. The van der Waals surface area contributed by atoms with E-state index < -0.39 is 5.60 Å². The van der Waals surface area contributed by atoms with Crippen molar-refractivity contribution in [1.82, 2.24) is 0 Å². The Labute approximate surface area is 110 Å². The van der Waals surface area contributed by atoms with E-state index in [-0.39, 0.29) is 34.5 Å². The number of hydrogen-bond acceptors (Lipinski definition) is 4. The second-order valence-electron chi connectivity index (χ2n) is 4.81. The second-order valence-corrected chi connectivity index (χ2v) is 5.21. The van der Waals surface area contributed by atoms with Crippen LogP contribution >= 0.6 is 11.6 Å². The highest BCUT2D eigenvalue weighted by molar-refractivity contribution is 6.33. The average molecular weight is 271 g/mol. The average Bonchev–Trinajstić information content (AvgIpc) is 2.26. The molecule has 0 atom stereocenters. The Morgan fingerprint density at radius 1 is 1.56 bits per heavy atom. The predicted molar refractivity (Wildman–Crippen MR) is 67.9 cm³/mol. The maximum Gasteiger partial charge on any atom is 0.205 e. The van der Waals surface area contributed by atoms with E-state index in [4.69, 9.17) is 21.1 Å². The molecular weight excluding hydrogens is 256 g/mol. The van der Waals surface area contributed by atoms with E-state index in [1.54, 1.807) is 6.92 Å². The fourth-order valence-electron chi connectivity index (χ4n) is 1.98. The molecule has 0 aromatic heterocycles. The van der Waals surface area contributed by atoms with Crippen LogP contribution in [-0.2, 0) is 0 Å². The Kier molecular flexibility index (Phi) is 3.15. The highest BCUT2D eigenvalue weighted by atomic mass is 35.5. The Bertz CT molecular complexity index is 508. The minimum atomic E-state index is -0.615. The first-order valence-corrected chi connectivity index (χ1v) is 6.14. The minimum absolute atomic E-state index is 0.0656. The zero-order valence-corrected chi connectivity index (χ0v) is 11.3. The van der Waals surface area contributed by atoms with Crippen LogP contribution in [0.3, 0.4) is 0 Å². The summed E-state index contributed by atoms with van der Waals surface area (Å²) in [6.45, 7) is 5.76. The molecule has 1 N–H and O–H groups in total. The van der Waals surface area contributed by atoms with Gasteiger partial charge in [-0.15, -0.1) is 0 Å². The molecule has 0 amide bonds. The van der Waals surface area contributed by atoms with Crippen molar-refractivity contribution in [2.75, 3.05) is 6.61 Å². The zero-order valence-electron chi connectivity index (χ0n) is 10.5. The topological polar surface area (TPSA) is 55.8 Å². The fourth-order valence-corrected chi connectivity index (χ4v) is 2.17. The number of hydrogen-bond donors (Lipinski definition) is 1. The lowest BCUT2D eigenvalue weighted by molar-refractivity contribution is 0.0594. The number of carbonyl (C=O) groups is 1. The third-order valence-electron chi connectivity index (χ3n) is 2.72. The van der Waals surface area contributed by atoms with Crippen molar-refractivity contribution in [3.8, 4) is 17.2 Å². The number of rotatable bonds is 2. The van der Waals surface area contributed by atoms with E-state index >= 15 is 0 Å². The number of halogens is 1. The summed E-state index contributed by atoms with van der Waals surface area (Å²) in [6.07, 6.45) is 0.271. The number of carbonyl (C=O) groups excluding carboxylic acids is 1. The van der Waals surface area contributed by atoms with Gasteiger partial charge < -0.3 is 14.6 Å². The van der Waals surface area contributed by atoms with Crippen LogP contribution in [0.5, 0.6) is 17.2 Å². The Morgan fingerprint density at radius 3 is 2.83 bits per heavy atom. The van der Waals surface area contributed by atoms with Gasteiger partial charge in [-0.1, -0.05) is 11.6 Å². The minimum Gasteiger partial charge on any atom is -0.503 e. The van der Waals surface area contributed by atoms with E-state index in [1.807, 2.05) is 13.8 Å². The van der Waals surface area contributed by atoms with Crippen LogP contribution in [0.4, 0.5) is 0 Å². The second kappa shape index (κ2) is 4.35. The number of Topliss-reactive ketones (excluding diaryl/α,β-unsaturated/α-hetero) is 1. The van der Waals surface area contributed by atoms with Gasteiger partial charge in [0.1, 0.15) is 5.60 Å². The first-order chi connectivity index (χ1) is 8.35. The van der Waals surface area contributed by atoms with Gasteiger partial charge in [0.15, 0.2) is 17.3 Å². The number of fused-ring (bicyclic) bond motifs is 1. The number of phenols is 1. The van der Waals surface area contributed by atoms with Gasteiger partial charge in [0.05, 0.1) is 23.6 Å². The molecule has 1 aliphatic heterocycles. The van der Waals surface area contributed by atoms with Gasteiger partial charge in [-0.2, -0.15) is 0 Å². The van der Waals surface area contributed by atoms with Crippen molar-refractivity contribution >= 4 is 17.4 Å². The Balaban J connectivity index is 2.64. The third kappa shape index (κ3) is 2.12. The van der Waals surface area contributed by atoms with Crippen molar-refractivity contribution in [2.45, 2.75) is 32.8 Å². The maximum absolute atomic E-state index is 12.0. The van der Waals surface area contributed by atoms with Gasteiger partial charge in [-0.25, -0.2) is 0 Å². The molecule has 1 heterocycles. The molecule has 5 heteroatoms. The molecule has 1 aromatic rings. The summed E-state index contributed by atoms with van der Waals surface area (Å²) in [5.74, 6) is 0.160. The van der Waals surface area contributed by atoms with Crippen LogP contribution in [0.25, 0.3) is 0 Å².